The SMILES string of the molecule is BrCc1ccccc1-c1cscn1. The van der Waals surface area contributed by atoms with Crippen LogP contribution in [-0.4, -0.2) is 4.98 Å². The molecule has 0 aliphatic carbocycles. The van der Waals surface area contributed by atoms with E-state index in [9.17, 15) is 0 Å². The third kappa shape index (κ3) is 1.81. The van der Waals surface area contributed by atoms with E-state index in [1.165, 1.54) is 11.1 Å². The first-order chi connectivity index (χ1) is 6.42. The van der Waals surface area contributed by atoms with Crippen LogP contribution in [0.25, 0.3) is 11.3 Å². The average molecular weight is 254 g/mol. The molecule has 3 heteroatoms. The summed E-state index contributed by atoms with van der Waals surface area (Å²) < 4.78 is 0. The van der Waals surface area contributed by atoms with Crippen LogP contribution in [-0.2, 0) is 5.33 Å². The van der Waals surface area contributed by atoms with Crippen LogP contribution in [0.5, 0.6) is 0 Å². The highest BCUT2D eigenvalue weighted by Gasteiger charge is 2.03. The molecule has 0 unspecified atom stereocenters. The lowest BCUT2D eigenvalue weighted by Gasteiger charge is -2.02. The molecule has 0 aliphatic rings. The number of nitrogens with zero attached hydrogens (tertiary/aromatic N) is 1. The van der Waals surface area contributed by atoms with E-state index in [0.29, 0.717) is 0 Å². The van der Waals surface area contributed by atoms with Crippen molar-refractivity contribution in [2.45, 2.75) is 5.33 Å². The minimum absolute atomic E-state index is 0.876. The van der Waals surface area contributed by atoms with Gasteiger partial charge in [0.2, 0.25) is 0 Å². The highest BCUT2D eigenvalue weighted by atomic mass is 79.9. The van der Waals surface area contributed by atoms with E-state index in [4.69, 9.17) is 0 Å². The Bertz CT molecular complexity index is 384. The van der Waals surface area contributed by atoms with Crippen LogP contribution in [0.2, 0.25) is 0 Å². The number of hydrogen-bond donors (Lipinski definition) is 0. The van der Waals surface area contributed by atoms with Crippen molar-refractivity contribution in [1.82, 2.24) is 4.98 Å². The number of rotatable bonds is 2. The summed E-state index contributed by atoms with van der Waals surface area (Å²) in [4.78, 5) is 4.29. The number of hydrogen-bond acceptors (Lipinski definition) is 2. The third-order valence-electron chi connectivity index (χ3n) is 1.87. The third-order valence-corrected chi connectivity index (χ3v) is 3.06. The van der Waals surface area contributed by atoms with Crippen molar-refractivity contribution < 1.29 is 0 Å². The number of thiazole rings is 1. The summed E-state index contributed by atoms with van der Waals surface area (Å²) in [7, 11) is 0. The molecule has 1 heterocycles. The molecule has 2 rings (SSSR count). The predicted molar refractivity (Wildman–Crippen MR) is 60.2 cm³/mol. The first-order valence-corrected chi connectivity index (χ1v) is 6.00. The van der Waals surface area contributed by atoms with Crippen LogP contribution < -0.4 is 0 Å². The van der Waals surface area contributed by atoms with Crippen LogP contribution in [0, 0.1) is 0 Å². The van der Waals surface area contributed by atoms with E-state index in [1.54, 1.807) is 11.3 Å². The number of alkyl halides is 1. The van der Waals surface area contributed by atoms with Gasteiger partial charge >= 0.3 is 0 Å². The number of benzene rings is 1. The Morgan fingerprint density at radius 3 is 2.85 bits per heavy atom. The van der Waals surface area contributed by atoms with Gasteiger partial charge in [0.25, 0.3) is 0 Å². The van der Waals surface area contributed by atoms with Crippen molar-refractivity contribution in [3.63, 3.8) is 0 Å². The van der Waals surface area contributed by atoms with Crippen LogP contribution in [0.3, 0.4) is 0 Å². The van der Waals surface area contributed by atoms with E-state index in [-0.39, 0.29) is 0 Å². The standard InChI is InChI=1S/C10H8BrNS/c11-5-8-3-1-2-4-9(8)10-6-13-7-12-10/h1-4,6-7H,5H2. The molecule has 1 nitrogen and oxygen atoms in total. The minimum Gasteiger partial charge on any atom is -0.245 e. The quantitative estimate of drug-likeness (QED) is 0.744. The van der Waals surface area contributed by atoms with Crippen LogP contribution >= 0.6 is 27.3 Å². The molecule has 0 saturated heterocycles. The lowest BCUT2D eigenvalue weighted by Crippen LogP contribution is -1.84. The van der Waals surface area contributed by atoms with E-state index in [1.807, 2.05) is 17.6 Å². The summed E-state index contributed by atoms with van der Waals surface area (Å²) in [5.74, 6) is 0. The van der Waals surface area contributed by atoms with Gasteiger partial charge in [-0.25, -0.2) is 4.98 Å². The van der Waals surface area contributed by atoms with E-state index in [0.717, 1.165) is 11.0 Å². The van der Waals surface area contributed by atoms with Gasteiger partial charge in [0.1, 0.15) is 0 Å². The van der Waals surface area contributed by atoms with Crippen molar-refractivity contribution in [2.75, 3.05) is 0 Å². The second-order valence-electron chi connectivity index (χ2n) is 2.66. The second kappa shape index (κ2) is 4.03. The molecule has 0 radical (unpaired) electrons. The van der Waals surface area contributed by atoms with Gasteiger partial charge < -0.3 is 0 Å². The minimum atomic E-state index is 0.876. The van der Waals surface area contributed by atoms with Crippen molar-refractivity contribution in [2.24, 2.45) is 0 Å². The number of halogens is 1. The Morgan fingerprint density at radius 1 is 1.31 bits per heavy atom. The topological polar surface area (TPSA) is 12.9 Å². The maximum Gasteiger partial charge on any atom is 0.0814 e. The largest absolute Gasteiger partial charge is 0.245 e. The lowest BCUT2D eigenvalue weighted by molar-refractivity contribution is 1.36. The van der Waals surface area contributed by atoms with Crippen LogP contribution in [0.4, 0.5) is 0 Å². The lowest BCUT2D eigenvalue weighted by atomic mass is 10.1. The van der Waals surface area contributed by atoms with Gasteiger partial charge in [-0.3, -0.25) is 0 Å². The van der Waals surface area contributed by atoms with E-state index >= 15 is 0 Å². The van der Waals surface area contributed by atoms with Gasteiger partial charge in [-0.05, 0) is 5.56 Å². The van der Waals surface area contributed by atoms with Gasteiger partial charge in [-0.1, -0.05) is 40.2 Å². The molecule has 0 spiro atoms. The molecular weight excluding hydrogens is 246 g/mol. The highest BCUT2D eigenvalue weighted by molar-refractivity contribution is 9.08. The van der Waals surface area contributed by atoms with Crippen molar-refractivity contribution >= 4 is 27.3 Å². The second-order valence-corrected chi connectivity index (χ2v) is 3.94. The summed E-state index contributed by atoms with van der Waals surface area (Å²) in [6.45, 7) is 0. The molecule has 1 aromatic heterocycles. The zero-order chi connectivity index (χ0) is 9.10. The van der Waals surface area contributed by atoms with Crippen molar-refractivity contribution in [3.8, 4) is 11.3 Å². The van der Waals surface area contributed by atoms with Gasteiger partial charge in [0.15, 0.2) is 0 Å². The van der Waals surface area contributed by atoms with Gasteiger partial charge in [-0.15, -0.1) is 11.3 Å². The molecular formula is C10H8BrNS. The van der Waals surface area contributed by atoms with E-state index < -0.39 is 0 Å². The smallest absolute Gasteiger partial charge is 0.0814 e. The first kappa shape index (κ1) is 8.91. The van der Waals surface area contributed by atoms with Gasteiger partial charge in [-0.2, -0.15) is 0 Å². The van der Waals surface area contributed by atoms with Gasteiger partial charge in [0.05, 0.1) is 11.2 Å². The zero-order valence-corrected chi connectivity index (χ0v) is 9.31. The summed E-state index contributed by atoms with van der Waals surface area (Å²) in [5.41, 5.74) is 5.44. The molecule has 0 N–H and O–H groups in total. The van der Waals surface area contributed by atoms with Crippen LogP contribution in [0.15, 0.2) is 35.2 Å². The van der Waals surface area contributed by atoms with Crippen molar-refractivity contribution in [3.05, 3.63) is 40.7 Å². The summed E-state index contributed by atoms with van der Waals surface area (Å²) in [5, 5.41) is 2.95. The fourth-order valence-corrected chi connectivity index (χ4v) is 2.27. The highest BCUT2D eigenvalue weighted by Crippen LogP contribution is 2.24. The Morgan fingerprint density at radius 2 is 2.15 bits per heavy atom. The Kier molecular flexibility index (Phi) is 2.76. The molecule has 0 atom stereocenters. The monoisotopic (exact) mass is 253 g/mol. The molecule has 0 amide bonds. The normalized spacial score (nSPS) is 10.2. The number of aromatic nitrogens is 1. The van der Waals surface area contributed by atoms with Crippen LogP contribution in [0.1, 0.15) is 5.56 Å². The Hall–Kier alpha value is -0.670. The maximum absolute atomic E-state index is 4.29. The zero-order valence-electron chi connectivity index (χ0n) is 6.90. The molecule has 1 aromatic carbocycles. The first-order valence-electron chi connectivity index (χ1n) is 3.94. The molecule has 0 aliphatic heterocycles. The molecule has 0 saturated carbocycles. The fourth-order valence-electron chi connectivity index (χ4n) is 1.23. The fraction of sp³-hybridized carbons (Fsp3) is 0.100. The molecule has 13 heavy (non-hydrogen) atoms. The molecule has 0 fully saturated rings. The molecule has 66 valence electrons. The Balaban J connectivity index is 2.51. The molecule has 2 aromatic rings. The maximum atomic E-state index is 4.29. The average Bonchev–Trinajstić information content (AvgIpc) is 2.70. The van der Waals surface area contributed by atoms with E-state index in [2.05, 4.69) is 38.4 Å². The summed E-state index contributed by atoms with van der Waals surface area (Å²) in [6.07, 6.45) is 0. The van der Waals surface area contributed by atoms with Crippen molar-refractivity contribution in [1.29, 1.82) is 0 Å². The molecule has 0 bridgehead atoms. The summed E-state index contributed by atoms with van der Waals surface area (Å²) >= 11 is 5.10. The Labute approximate surface area is 89.6 Å². The summed E-state index contributed by atoms with van der Waals surface area (Å²) in [6, 6.07) is 8.31. The van der Waals surface area contributed by atoms with Gasteiger partial charge in [0, 0.05) is 16.3 Å². The predicted octanol–water partition coefficient (Wildman–Crippen LogP) is 3.71.